The van der Waals surface area contributed by atoms with E-state index in [1.807, 2.05) is 30.3 Å². The molecule has 1 heterocycles. The van der Waals surface area contributed by atoms with Gasteiger partial charge in [0.05, 0.1) is 27.9 Å². The minimum atomic E-state index is -3.75. The summed E-state index contributed by atoms with van der Waals surface area (Å²) < 4.78 is 31.0. The van der Waals surface area contributed by atoms with E-state index in [0.717, 1.165) is 9.87 Å². The highest BCUT2D eigenvalue weighted by Crippen LogP contribution is 2.31. The number of anilines is 2. The summed E-state index contributed by atoms with van der Waals surface area (Å²) >= 11 is 6.26. The van der Waals surface area contributed by atoms with Crippen molar-refractivity contribution in [2.24, 2.45) is 5.92 Å². The van der Waals surface area contributed by atoms with Gasteiger partial charge in [-0.3, -0.25) is 9.59 Å². The Labute approximate surface area is 197 Å². The SMILES string of the molecule is CC1CS(=O)(=O)N(c2ccc(C(=O)Nc3ccc(OCc4ccccc4)cc3)c(Cl)c2)C1=O. The van der Waals surface area contributed by atoms with Gasteiger partial charge in [0.2, 0.25) is 15.9 Å². The normalized spacial score (nSPS) is 17.1. The van der Waals surface area contributed by atoms with Gasteiger partial charge in [-0.15, -0.1) is 0 Å². The van der Waals surface area contributed by atoms with Gasteiger partial charge >= 0.3 is 0 Å². The van der Waals surface area contributed by atoms with Gasteiger partial charge in [-0.2, -0.15) is 0 Å². The highest BCUT2D eigenvalue weighted by atomic mass is 35.5. The Balaban J connectivity index is 1.43. The smallest absolute Gasteiger partial charge is 0.257 e. The second-order valence-corrected chi connectivity index (χ2v) is 9.97. The number of ether oxygens (including phenoxy) is 1. The van der Waals surface area contributed by atoms with E-state index in [2.05, 4.69) is 5.32 Å². The Morgan fingerprint density at radius 3 is 2.39 bits per heavy atom. The zero-order valence-electron chi connectivity index (χ0n) is 17.7. The zero-order chi connectivity index (χ0) is 23.6. The van der Waals surface area contributed by atoms with E-state index < -0.39 is 27.8 Å². The third-order valence-corrected chi connectivity index (χ3v) is 7.33. The Morgan fingerprint density at radius 2 is 1.79 bits per heavy atom. The van der Waals surface area contributed by atoms with Crippen molar-refractivity contribution in [2.75, 3.05) is 15.4 Å². The van der Waals surface area contributed by atoms with Crippen molar-refractivity contribution in [1.29, 1.82) is 0 Å². The molecule has 4 rings (SSSR count). The van der Waals surface area contributed by atoms with Crippen LogP contribution < -0.4 is 14.4 Å². The highest BCUT2D eigenvalue weighted by Gasteiger charge is 2.42. The molecular weight excluding hydrogens is 464 g/mol. The van der Waals surface area contributed by atoms with Crippen LogP contribution in [0.25, 0.3) is 0 Å². The maximum atomic E-state index is 12.7. The number of hydrogen-bond acceptors (Lipinski definition) is 5. The quantitative estimate of drug-likeness (QED) is 0.556. The number of nitrogens with zero attached hydrogens (tertiary/aromatic N) is 1. The highest BCUT2D eigenvalue weighted by molar-refractivity contribution is 7.94. The molecule has 1 fully saturated rings. The van der Waals surface area contributed by atoms with Gasteiger partial charge < -0.3 is 10.1 Å². The second kappa shape index (κ2) is 9.25. The lowest BCUT2D eigenvalue weighted by molar-refractivity contribution is -0.119. The fourth-order valence-corrected chi connectivity index (χ4v) is 5.55. The molecule has 0 saturated carbocycles. The Morgan fingerprint density at radius 1 is 1.09 bits per heavy atom. The number of amides is 2. The van der Waals surface area contributed by atoms with Gasteiger partial charge in [0, 0.05) is 5.69 Å². The van der Waals surface area contributed by atoms with Gasteiger partial charge in [0.25, 0.3) is 5.91 Å². The molecule has 0 radical (unpaired) electrons. The van der Waals surface area contributed by atoms with Crippen molar-refractivity contribution >= 4 is 44.8 Å². The maximum Gasteiger partial charge on any atom is 0.257 e. The van der Waals surface area contributed by atoms with Crippen LogP contribution >= 0.6 is 11.6 Å². The van der Waals surface area contributed by atoms with Crippen LogP contribution in [0, 0.1) is 5.92 Å². The number of sulfonamides is 1. The van der Waals surface area contributed by atoms with E-state index in [9.17, 15) is 18.0 Å². The van der Waals surface area contributed by atoms with Crippen LogP contribution in [-0.4, -0.2) is 26.0 Å². The molecule has 7 nitrogen and oxygen atoms in total. The van der Waals surface area contributed by atoms with Crippen LogP contribution in [0.4, 0.5) is 11.4 Å². The zero-order valence-corrected chi connectivity index (χ0v) is 19.3. The molecule has 0 spiro atoms. The summed E-state index contributed by atoms with van der Waals surface area (Å²) in [4.78, 5) is 24.9. The Bertz CT molecular complexity index is 1290. The van der Waals surface area contributed by atoms with Crippen molar-refractivity contribution in [3.63, 3.8) is 0 Å². The molecule has 0 bridgehead atoms. The summed E-state index contributed by atoms with van der Waals surface area (Å²) in [5, 5.41) is 2.78. The van der Waals surface area contributed by atoms with E-state index in [0.29, 0.717) is 18.0 Å². The molecule has 33 heavy (non-hydrogen) atoms. The minimum Gasteiger partial charge on any atom is -0.489 e. The van der Waals surface area contributed by atoms with Crippen LogP contribution in [0.15, 0.2) is 72.8 Å². The molecular formula is C24H21ClN2O5S. The molecule has 1 aliphatic heterocycles. The van der Waals surface area contributed by atoms with Gasteiger partial charge in [-0.05, 0) is 48.0 Å². The van der Waals surface area contributed by atoms with E-state index in [1.54, 1.807) is 31.2 Å². The molecule has 0 aliphatic carbocycles. The van der Waals surface area contributed by atoms with Gasteiger partial charge in [-0.25, -0.2) is 12.7 Å². The van der Waals surface area contributed by atoms with E-state index in [4.69, 9.17) is 16.3 Å². The molecule has 0 aromatic heterocycles. The van der Waals surface area contributed by atoms with Crippen LogP contribution in [0.5, 0.6) is 5.75 Å². The number of hydrogen-bond donors (Lipinski definition) is 1. The Kier molecular flexibility index (Phi) is 6.40. The molecule has 1 saturated heterocycles. The maximum absolute atomic E-state index is 12.7. The summed E-state index contributed by atoms with van der Waals surface area (Å²) in [7, 11) is -3.75. The van der Waals surface area contributed by atoms with Crippen LogP contribution in [0.3, 0.4) is 0 Å². The standard InChI is InChI=1S/C24H21ClN2O5S/c1-16-15-33(30,31)27(24(16)29)19-9-12-21(22(25)13-19)23(28)26-18-7-10-20(11-8-18)32-14-17-5-3-2-4-6-17/h2-13,16H,14-15H2,1H3,(H,26,28). The van der Waals surface area contributed by atoms with E-state index in [1.165, 1.54) is 18.2 Å². The summed E-state index contributed by atoms with van der Waals surface area (Å²) in [5.41, 5.74) is 1.86. The molecule has 3 aromatic carbocycles. The van der Waals surface area contributed by atoms with E-state index >= 15 is 0 Å². The van der Waals surface area contributed by atoms with Gasteiger partial charge in [0.15, 0.2) is 0 Å². The molecule has 9 heteroatoms. The predicted molar refractivity (Wildman–Crippen MR) is 127 cm³/mol. The van der Waals surface area contributed by atoms with E-state index in [-0.39, 0.29) is 22.0 Å². The first-order valence-electron chi connectivity index (χ1n) is 10.2. The van der Waals surface area contributed by atoms with Crippen molar-refractivity contribution in [3.8, 4) is 5.75 Å². The fraction of sp³-hybridized carbons (Fsp3) is 0.167. The topological polar surface area (TPSA) is 92.8 Å². The average molecular weight is 485 g/mol. The number of carbonyl (C=O) groups is 2. The third kappa shape index (κ3) is 5.02. The predicted octanol–water partition coefficient (Wildman–Crippen LogP) is 4.48. The van der Waals surface area contributed by atoms with Crippen molar-refractivity contribution in [2.45, 2.75) is 13.5 Å². The first kappa shape index (κ1) is 22.8. The van der Waals surface area contributed by atoms with Crippen molar-refractivity contribution in [1.82, 2.24) is 0 Å². The molecule has 1 unspecified atom stereocenters. The first-order valence-corrected chi connectivity index (χ1v) is 12.2. The Hall–Kier alpha value is -3.36. The second-order valence-electron chi connectivity index (χ2n) is 7.70. The third-order valence-electron chi connectivity index (χ3n) is 5.15. The van der Waals surface area contributed by atoms with Gasteiger partial charge in [-0.1, -0.05) is 48.9 Å². The molecule has 1 N–H and O–H groups in total. The lowest BCUT2D eigenvalue weighted by Crippen LogP contribution is -2.30. The molecule has 170 valence electrons. The number of carbonyl (C=O) groups excluding carboxylic acids is 2. The summed E-state index contributed by atoms with van der Waals surface area (Å²) in [6.07, 6.45) is 0. The summed E-state index contributed by atoms with van der Waals surface area (Å²) in [6, 6.07) is 20.8. The summed E-state index contributed by atoms with van der Waals surface area (Å²) in [6.45, 7) is 1.99. The fourth-order valence-electron chi connectivity index (χ4n) is 3.48. The lowest BCUT2D eigenvalue weighted by atomic mass is 10.1. The summed E-state index contributed by atoms with van der Waals surface area (Å²) in [5.74, 6) is -1.20. The molecule has 2 amide bonds. The largest absolute Gasteiger partial charge is 0.489 e. The van der Waals surface area contributed by atoms with Crippen LogP contribution in [0.1, 0.15) is 22.8 Å². The number of benzene rings is 3. The number of rotatable bonds is 6. The molecule has 1 atom stereocenters. The molecule has 3 aromatic rings. The van der Waals surface area contributed by atoms with Crippen LogP contribution in [-0.2, 0) is 21.4 Å². The first-order chi connectivity index (χ1) is 15.7. The van der Waals surface area contributed by atoms with Crippen LogP contribution in [0.2, 0.25) is 5.02 Å². The number of halogens is 1. The average Bonchev–Trinajstić information content (AvgIpc) is 3.00. The van der Waals surface area contributed by atoms with Crippen molar-refractivity contribution in [3.05, 3.63) is 88.9 Å². The lowest BCUT2D eigenvalue weighted by Gasteiger charge is -2.16. The number of nitrogens with one attached hydrogen (secondary N) is 1. The van der Waals surface area contributed by atoms with Crippen molar-refractivity contribution < 1.29 is 22.7 Å². The molecule has 1 aliphatic rings. The minimum absolute atomic E-state index is 0.0374. The van der Waals surface area contributed by atoms with Gasteiger partial charge in [0.1, 0.15) is 12.4 Å². The monoisotopic (exact) mass is 484 g/mol.